The van der Waals surface area contributed by atoms with Crippen molar-refractivity contribution in [2.75, 3.05) is 19.6 Å². The standard InChI is InChI=1S/C20H20FN5O2/c21-15-1-2-16-17(13-15)28-23-19(16)14-3-7-24(8-4-14)11-12-25-9-5-18-22-6-10-26(18)20(25)27/h1-2,5-6,9-10,13-14H,3-4,7-8,11-12H2. The van der Waals surface area contributed by atoms with Gasteiger partial charge in [-0.3, -0.25) is 8.97 Å². The summed E-state index contributed by atoms with van der Waals surface area (Å²) in [6.07, 6.45) is 7.06. The average molecular weight is 381 g/mol. The van der Waals surface area contributed by atoms with Crippen molar-refractivity contribution in [3.63, 3.8) is 0 Å². The number of imidazole rings is 1. The second-order valence-corrected chi connectivity index (χ2v) is 7.27. The van der Waals surface area contributed by atoms with Gasteiger partial charge in [0, 0.05) is 49.1 Å². The van der Waals surface area contributed by atoms with E-state index in [4.69, 9.17) is 4.52 Å². The van der Waals surface area contributed by atoms with Crippen LogP contribution in [0.15, 0.2) is 52.2 Å². The van der Waals surface area contributed by atoms with E-state index in [1.54, 1.807) is 33.6 Å². The fourth-order valence-electron chi connectivity index (χ4n) is 4.03. The number of rotatable bonds is 4. The maximum absolute atomic E-state index is 13.3. The van der Waals surface area contributed by atoms with E-state index in [-0.39, 0.29) is 11.5 Å². The van der Waals surface area contributed by atoms with Crippen molar-refractivity contribution in [1.82, 2.24) is 24.0 Å². The molecule has 0 saturated carbocycles. The largest absolute Gasteiger partial charge is 0.356 e. The number of piperidine rings is 1. The minimum absolute atomic E-state index is 0.0637. The van der Waals surface area contributed by atoms with E-state index < -0.39 is 0 Å². The SMILES string of the molecule is O=c1n(CCN2CCC(c3noc4cc(F)ccc34)CC2)ccc2nccn12. The van der Waals surface area contributed by atoms with Gasteiger partial charge in [-0.05, 0) is 44.1 Å². The van der Waals surface area contributed by atoms with Gasteiger partial charge in [0.1, 0.15) is 11.5 Å². The monoisotopic (exact) mass is 381 g/mol. The van der Waals surface area contributed by atoms with E-state index in [0.717, 1.165) is 43.6 Å². The Labute approximate surface area is 160 Å². The number of fused-ring (bicyclic) bond motifs is 2. The molecule has 144 valence electrons. The van der Waals surface area contributed by atoms with Crippen LogP contribution in [0.1, 0.15) is 24.5 Å². The summed E-state index contributed by atoms with van der Waals surface area (Å²) in [4.78, 5) is 18.9. The average Bonchev–Trinajstić information content (AvgIpc) is 3.35. The van der Waals surface area contributed by atoms with Crippen LogP contribution in [0.5, 0.6) is 0 Å². The molecule has 0 atom stereocenters. The summed E-state index contributed by atoms with van der Waals surface area (Å²) in [7, 11) is 0. The molecule has 28 heavy (non-hydrogen) atoms. The molecule has 4 aromatic rings. The van der Waals surface area contributed by atoms with Crippen molar-refractivity contribution in [3.05, 3.63) is 64.9 Å². The van der Waals surface area contributed by atoms with Crippen LogP contribution in [-0.4, -0.2) is 43.6 Å². The molecule has 3 aromatic heterocycles. The quantitative estimate of drug-likeness (QED) is 0.544. The molecule has 0 amide bonds. The molecule has 7 nitrogen and oxygen atoms in total. The van der Waals surface area contributed by atoms with E-state index in [0.29, 0.717) is 23.7 Å². The second-order valence-electron chi connectivity index (χ2n) is 7.27. The van der Waals surface area contributed by atoms with Crippen LogP contribution in [0.25, 0.3) is 16.6 Å². The molecule has 0 aliphatic carbocycles. The highest BCUT2D eigenvalue weighted by molar-refractivity contribution is 5.79. The van der Waals surface area contributed by atoms with Crippen LogP contribution in [0.3, 0.4) is 0 Å². The molecule has 1 fully saturated rings. The van der Waals surface area contributed by atoms with E-state index in [1.165, 1.54) is 12.1 Å². The summed E-state index contributed by atoms with van der Waals surface area (Å²) >= 11 is 0. The number of benzene rings is 1. The van der Waals surface area contributed by atoms with Gasteiger partial charge in [0.15, 0.2) is 5.58 Å². The topological polar surface area (TPSA) is 68.6 Å². The Kier molecular flexibility index (Phi) is 4.20. The summed E-state index contributed by atoms with van der Waals surface area (Å²) in [5.41, 5.74) is 2.04. The molecule has 0 bridgehead atoms. The van der Waals surface area contributed by atoms with Crippen molar-refractivity contribution in [3.8, 4) is 0 Å². The highest BCUT2D eigenvalue weighted by atomic mass is 19.1. The molecular weight excluding hydrogens is 361 g/mol. The number of nitrogens with zero attached hydrogens (tertiary/aromatic N) is 5. The Balaban J connectivity index is 1.23. The first-order valence-electron chi connectivity index (χ1n) is 9.49. The third-order valence-electron chi connectivity index (χ3n) is 5.62. The normalized spacial score (nSPS) is 16.3. The lowest BCUT2D eigenvalue weighted by atomic mass is 9.91. The van der Waals surface area contributed by atoms with Crippen molar-refractivity contribution >= 4 is 16.6 Å². The Morgan fingerprint density at radius 3 is 2.86 bits per heavy atom. The second kappa shape index (κ2) is 6.87. The molecule has 4 heterocycles. The van der Waals surface area contributed by atoms with Gasteiger partial charge in [0.2, 0.25) is 0 Å². The summed E-state index contributed by atoms with van der Waals surface area (Å²) in [6.45, 7) is 3.33. The zero-order valence-electron chi connectivity index (χ0n) is 15.3. The lowest BCUT2D eigenvalue weighted by Gasteiger charge is -2.31. The first kappa shape index (κ1) is 17.1. The smallest absolute Gasteiger partial charge is 0.333 e. The van der Waals surface area contributed by atoms with Crippen molar-refractivity contribution in [1.29, 1.82) is 0 Å². The van der Waals surface area contributed by atoms with Crippen molar-refractivity contribution in [2.45, 2.75) is 25.3 Å². The van der Waals surface area contributed by atoms with Crippen LogP contribution < -0.4 is 5.69 Å². The maximum Gasteiger partial charge on any atom is 0.333 e. The summed E-state index contributed by atoms with van der Waals surface area (Å²) in [6, 6.07) is 6.44. The van der Waals surface area contributed by atoms with Gasteiger partial charge in [0.05, 0.1) is 5.69 Å². The third kappa shape index (κ3) is 2.99. The fourth-order valence-corrected chi connectivity index (χ4v) is 4.03. The number of hydrogen-bond acceptors (Lipinski definition) is 5. The van der Waals surface area contributed by atoms with E-state index >= 15 is 0 Å². The molecule has 1 aliphatic heterocycles. The first-order chi connectivity index (χ1) is 13.7. The van der Waals surface area contributed by atoms with Crippen LogP contribution in [0, 0.1) is 5.82 Å². The first-order valence-corrected chi connectivity index (χ1v) is 9.49. The third-order valence-corrected chi connectivity index (χ3v) is 5.62. The molecular formula is C20H20FN5O2. The lowest BCUT2D eigenvalue weighted by Crippen LogP contribution is -2.37. The van der Waals surface area contributed by atoms with E-state index in [1.807, 2.05) is 6.07 Å². The molecule has 8 heteroatoms. The van der Waals surface area contributed by atoms with Crippen molar-refractivity contribution in [2.24, 2.45) is 0 Å². The van der Waals surface area contributed by atoms with Gasteiger partial charge in [0.25, 0.3) is 0 Å². The minimum Gasteiger partial charge on any atom is -0.356 e. The number of likely N-dealkylation sites (tertiary alicyclic amines) is 1. The van der Waals surface area contributed by atoms with Gasteiger partial charge in [-0.15, -0.1) is 0 Å². The number of aromatic nitrogens is 4. The summed E-state index contributed by atoms with van der Waals surface area (Å²) in [5.74, 6) is 0.00197. The lowest BCUT2D eigenvalue weighted by molar-refractivity contribution is 0.201. The van der Waals surface area contributed by atoms with E-state index in [9.17, 15) is 9.18 Å². The Morgan fingerprint density at radius 2 is 2.00 bits per heavy atom. The van der Waals surface area contributed by atoms with Crippen molar-refractivity contribution < 1.29 is 8.91 Å². The summed E-state index contributed by atoms with van der Waals surface area (Å²) < 4.78 is 21.9. The summed E-state index contributed by atoms with van der Waals surface area (Å²) in [5, 5.41) is 5.10. The van der Waals surface area contributed by atoms with Gasteiger partial charge in [-0.1, -0.05) is 5.16 Å². The molecule has 0 N–H and O–H groups in total. The zero-order valence-corrected chi connectivity index (χ0v) is 15.3. The Morgan fingerprint density at radius 1 is 1.14 bits per heavy atom. The van der Waals surface area contributed by atoms with Gasteiger partial charge in [-0.2, -0.15) is 0 Å². The molecule has 0 radical (unpaired) electrons. The molecule has 1 saturated heterocycles. The van der Waals surface area contributed by atoms with Crippen LogP contribution in [0.2, 0.25) is 0 Å². The predicted octanol–water partition coefficient (Wildman–Crippen LogP) is 2.66. The number of halogens is 1. The Hall–Kier alpha value is -3.00. The van der Waals surface area contributed by atoms with Gasteiger partial charge in [-0.25, -0.2) is 14.2 Å². The Bertz CT molecular complexity index is 1190. The van der Waals surface area contributed by atoms with E-state index in [2.05, 4.69) is 15.0 Å². The zero-order chi connectivity index (χ0) is 19.1. The highest BCUT2D eigenvalue weighted by Gasteiger charge is 2.25. The minimum atomic E-state index is -0.311. The van der Waals surface area contributed by atoms with Gasteiger partial charge < -0.3 is 9.42 Å². The van der Waals surface area contributed by atoms with Crippen LogP contribution >= 0.6 is 0 Å². The van der Waals surface area contributed by atoms with Crippen LogP contribution in [-0.2, 0) is 6.54 Å². The highest BCUT2D eigenvalue weighted by Crippen LogP contribution is 2.32. The van der Waals surface area contributed by atoms with Gasteiger partial charge >= 0.3 is 5.69 Å². The van der Waals surface area contributed by atoms with Crippen LogP contribution in [0.4, 0.5) is 4.39 Å². The molecule has 0 spiro atoms. The molecule has 1 aliphatic rings. The molecule has 5 rings (SSSR count). The maximum atomic E-state index is 13.3. The number of hydrogen-bond donors (Lipinski definition) is 0. The molecule has 1 aromatic carbocycles. The molecule has 0 unspecified atom stereocenters. The predicted molar refractivity (Wildman–Crippen MR) is 102 cm³/mol. The fraction of sp³-hybridized carbons (Fsp3) is 0.350.